The van der Waals surface area contributed by atoms with Crippen molar-refractivity contribution in [1.82, 2.24) is 5.32 Å². The molecule has 6 heteroatoms. The van der Waals surface area contributed by atoms with Gasteiger partial charge in [0.05, 0.1) is 6.61 Å². The molecule has 3 aromatic carbocycles. The van der Waals surface area contributed by atoms with Crippen LogP contribution in [-0.4, -0.2) is 17.0 Å². The predicted octanol–water partition coefficient (Wildman–Crippen LogP) is 4.22. The topological polar surface area (TPSA) is 75.6 Å². The molecule has 0 spiro atoms. The molecule has 1 amide bonds. The minimum absolute atomic E-state index is 0.00909. The van der Waals surface area contributed by atoms with Crippen molar-refractivity contribution < 1.29 is 19.4 Å². The van der Waals surface area contributed by atoms with E-state index in [9.17, 15) is 14.7 Å². The van der Waals surface area contributed by atoms with Gasteiger partial charge in [0.1, 0.15) is 0 Å². The molecule has 0 heterocycles. The lowest BCUT2D eigenvalue weighted by Gasteiger charge is -2.31. The lowest BCUT2D eigenvalue weighted by molar-refractivity contribution is -0.174. The zero-order chi connectivity index (χ0) is 20.0. The molecule has 0 fully saturated rings. The van der Waals surface area contributed by atoms with Crippen LogP contribution in [0.25, 0.3) is 0 Å². The highest BCUT2D eigenvalue weighted by molar-refractivity contribution is 6.30. The van der Waals surface area contributed by atoms with Crippen LogP contribution in [0.4, 0.5) is 0 Å². The third-order valence-corrected chi connectivity index (χ3v) is 4.43. The highest BCUT2D eigenvalue weighted by Crippen LogP contribution is 2.27. The lowest BCUT2D eigenvalue weighted by atomic mass is 10.0. The molecule has 142 valence electrons. The average molecular weight is 396 g/mol. The standard InChI is InChI=1S/C22H18ClNO4/c23-19-13-11-18(12-14-19)22(21(26)27,28-15-16-7-3-1-4-8-16)24-20(25)17-9-5-2-6-10-17/h1-14H,15H2,(H,24,25)(H,26,27). The van der Waals surface area contributed by atoms with Gasteiger partial charge in [0.2, 0.25) is 0 Å². The van der Waals surface area contributed by atoms with Crippen LogP contribution in [0.2, 0.25) is 5.02 Å². The quantitative estimate of drug-likeness (QED) is 0.587. The smallest absolute Gasteiger partial charge is 0.362 e. The average Bonchev–Trinajstić information content (AvgIpc) is 2.73. The summed E-state index contributed by atoms with van der Waals surface area (Å²) in [6, 6.07) is 23.6. The van der Waals surface area contributed by atoms with Gasteiger partial charge in [-0.2, -0.15) is 0 Å². The normalized spacial score (nSPS) is 12.8. The second kappa shape index (κ2) is 8.69. The molecule has 0 aliphatic rings. The maximum atomic E-state index is 12.7. The van der Waals surface area contributed by atoms with Crippen molar-refractivity contribution in [3.63, 3.8) is 0 Å². The number of amides is 1. The van der Waals surface area contributed by atoms with Gasteiger partial charge in [-0.25, -0.2) is 4.79 Å². The second-order valence-corrected chi connectivity index (χ2v) is 6.52. The van der Waals surface area contributed by atoms with E-state index in [1.807, 2.05) is 30.3 Å². The Morgan fingerprint density at radius 2 is 1.46 bits per heavy atom. The van der Waals surface area contributed by atoms with Crippen molar-refractivity contribution in [2.24, 2.45) is 0 Å². The zero-order valence-electron chi connectivity index (χ0n) is 14.8. The molecule has 2 N–H and O–H groups in total. The first-order valence-corrected chi connectivity index (χ1v) is 8.94. The highest BCUT2D eigenvalue weighted by atomic mass is 35.5. The zero-order valence-corrected chi connectivity index (χ0v) is 15.6. The number of hydrogen-bond acceptors (Lipinski definition) is 3. The highest BCUT2D eigenvalue weighted by Gasteiger charge is 2.44. The summed E-state index contributed by atoms with van der Waals surface area (Å²) in [6.07, 6.45) is 0. The molecule has 0 aromatic heterocycles. The van der Waals surface area contributed by atoms with E-state index in [4.69, 9.17) is 16.3 Å². The molecule has 0 saturated carbocycles. The van der Waals surface area contributed by atoms with Gasteiger partial charge in [0.25, 0.3) is 11.6 Å². The van der Waals surface area contributed by atoms with E-state index in [0.29, 0.717) is 10.6 Å². The predicted molar refractivity (Wildman–Crippen MR) is 106 cm³/mol. The van der Waals surface area contributed by atoms with Crippen LogP contribution < -0.4 is 5.32 Å². The molecule has 3 aromatic rings. The number of aliphatic carboxylic acids is 1. The molecule has 0 aliphatic carbocycles. The lowest BCUT2D eigenvalue weighted by Crippen LogP contribution is -2.53. The van der Waals surface area contributed by atoms with E-state index in [1.165, 1.54) is 12.1 Å². The number of carbonyl (C=O) groups is 2. The fraction of sp³-hybridized carbons (Fsp3) is 0.0909. The molecule has 0 radical (unpaired) electrons. The maximum absolute atomic E-state index is 12.7. The number of carboxylic acid groups (broad SMARTS) is 1. The first-order valence-electron chi connectivity index (χ1n) is 8.56. The number of carboxylic acids is 1. The number of halogens is 1. The maximum Gasteiger partial charge on any atom is 0.362 e. The summed E-state index contributed by atoms with van der Waals surface area (Å²) in [7, 11) is 0. The molecule has 1 unspecified atom stereocenters. The minimum atomic E-state index is -2.08. The molecule has 0 saturated heterocycles. The van der Waals surface area contributed by atoms with Crippen molar-refractivity contribution in [3.05, 3.63) is 107 Å². The van der Waals surface area contributed by atoms with Gasteiger partial charge in [0.15, 0.2) is 0 Å². The fourth-order valence-electron chi connectivity index (χ4n) is 2.70. The van der Waals surface area contributed by atoms with Gasteiger partial charge in [0, 0.05) is 16.1 Å². The van der Waals surface area contributed by atoms with E-state index < -0.39 is 17.6 Å². The summed E-state index contributed by atoms with van der Waals surface area (Å²) in [6.45, 7) is -0.00909. The van der Waals surface area contributed by atoms with Crippen molar-refractivity contribution in [2.45, 2.75) is 12.3 Å². The van der Waals surface area contributed by atoms with Crippen LogP contribution in [0, 0.1) is 0 Å². The molecule has 5 nitrogen and oxygen atoms in total. The van der Waals surface area contributed by atoms with E-state index in [2.05, 4.69) is 5.32 Å². The number of nitrogens with one attached hydrogen (secondary N) is 1. The fourth-order valence-corrected chi connectivity index (χ4v) is 2.83. The second-order valence-electron chi connectivity index (χ2n) is 6.09. The van der Waals surface area contributed by atoms with Gasteiger partial charge >= 0.3 is 5.97 Å². The van der Waals surface area contributed by atoms with Crippen LogP contribution in [0.3, 0.4) is 0 Å². The van der Waals surface area contributed by atoms with Gasteiger partial charge in [-0.3, -0.25) is 4.79 Å². The Morgan fingerprint density at radius 1 is 0.893 bits per heavy atom. The summed E-state index contributed by atoms with van der Waals surface area (Å²) in [5, 5.41) is 13.0. The third-order valence-electron chi connectivity index (χ3n) is 4.18. The van der Waals surface area contributed by atoms with Crippen LogP contribution in [-0.2, 0) is 21.9 Å². The number of hydrogen-bond donors (Lipinski definition) is 2. The van der Waals surface area contributed by atoms with Crippen LogP contribution in [0.15, 0.2) is 84.9 Å². The van der Waals surface area contributed by atoms with Crippen LogP contribution in [0.1, 0.15) is 21.5 Å². The molecule has 1 atom stereocenters. The first kappa shape index (κ1) is 19.6. The Hall–Kier alpha value is -3.15. The Morgan fingerprint density at radius 3 is 2.04 bits per heavy atom. The van der Waals surface area contributed by atoms with Crippen molar-refractivity contribution in [1.29, 1.82) is 0 Å². The van der Waals surface area contributed by atoms with Gasteiger partial charge in [-0.1, -0.05) is 72.3 Å². The van der Waals surface area contributed by atoms with Crippen molar-refractivity contribution in [2.75, 3.05) is 0 Å². The largest absolute Gasteiger partial charge is 0.477 e. The Labute approximate surface area is 167 Å². The number of carbonyl (C=O) groups excluding carboxylic acids is 1. The summed E-state index contributed by atoms with van der Waals surface area (Å²) >= 11 is 5.94. The Balaban J connectivity index is 1.98. The number of benzene rings is 3. The molecule has 0 aliphatic heterocycles. The molecular formula is C22H18ClNO4. The van der Waals surface area contributed by atoms with Gasteiger partial charge in [-0.05, 0) is 29.8 Å². The van der Waals surface area contributed by atoms with E-state index >= 15 is 0 Å². The summed E-state index contributed by atoms with van der Waals surface area (Å²) in [5.41, 5.74) is -0.723. The monoisotopic (exact) mass is 395 g/mol. The summed E-state index contributed by atoms with van der Waals surface area (Å²) in [4.78, 5) is 25.1. The van der Waals surface area contributed by atoms with Crippen molar-refractivity contribution >= 4 is 23.5 Å². The Kier molecular flexibility index (Phi) is 6.09. The van der Waals surface area contributed by atoms with Crippen molar-refractivity contribution in [3.8, 4) is 0 Å². The third kappa shape index (κ3) is 4.39. The minimum Gasteiger partial charge on any atom is -0.477 e. The SMILES string of the molecule is O=C(NC(OCc1ccccc1)(C(=O)O)c1ccc(Cl)cc1)c1ccccc1. The molecular weight excluding hydrogens is 378 g/mol. The van der Waals surface area contributed by atoms with Crippen LogP contribution in [0.5, 0.6) is 0 Å². The number of rotatable bonds is 7. The number of ether oxygens (including phenoxy) is 1. The summed E-state index contributed by atoms with van der Waals surface area (Å²) in [5.74, 6) is -1.90. The van der Waals surface area contributed by atoms with Crippen LogP contribution >= 0.6 is 11.6 Å². The molecule has 0 bridgehead atoms. The Bertz CT molecular complexity index is 945. The molecule has 3 rings (SSSR count). The molecule has 28 heavy (non-hydrogen) atoms. The van der Waals surface area contributed by atoms with Gasteiger partial charge < -0.3 is 15.2 Å². The van der Waals surface area contributed by atoms with E-state index in [-0.39, 0.29) is 12.2 Å². The van der Waals surface area contributed by atoms with Gasteiger partial charge in [-0.15, -0.1) is 0 Å². The first-order chi connectivity index (χ1) is 13.5. The van der Waals surface area contributed by atoms with E-state index in [0.717, 1.165) is 5.56 Å². The van der Waals surface area contributed by atoms with E-state index in [1.54, 1.807) is 42.5 Å². The summed E-state index contributed by atoms with van der Waals surface area (Å²) < 4.78 is 5.82.